The molecule has 0 spiro atoms. The average molecular weight is 455 g/mol. The van der Waals surface area contributed by atoms with Crippen LogP contribution in [0.25, 0.3) is 0 Å². The zero-order valence-corrected chi connectivity index (χ0v) is 16.1. The average Bonchev–Trinajstić information content (AvgIpc) is 3.32. The van der Waals surface area contributed by atoms with Crippen LogP contribution in [0.5, 0.6) is 0 Å². The summed E-state index contributed by atoms with van der Waals surface area (Å²) in [5, 5.41) is 42.9. The lowest BCUT2D eigenvalue weighted by molar-refractivity contribution is 0.194. The van der Waals surface area contributed by atoms with Crippen LogP contribution in [0.2, 0.25) is 0 Å². The number of nitrogens with one attached hydrogen (secondary N) is 2. The number of rotatable bonds is 7. The van der Waals surface area contributed by atoms with E-state index < -0.39 is 11.9 Å². The second-order valence-corrected chi connectivity index (χ2v) is 6.53. The fraction of sp³-hybridized carbons (Fsp3) is 0.267. The van der Waals surface area contributed by atoms with Gasteiger partial charge in [-0.2, -0.15) is 0 Å². The molecule has 0 bridgehead atoms. The number of halogens is 2. The van der Waals surface area contributed by atoms with Crippen molar-refractivity contribution in [1.29, 1.82) is 0 Å². The Kier molecular flexibility index (Phi) is 6.16. The molecule has 0 fully saturated rings. The second kappa shape index (κ2) is 8.75. The van der Waals surface area contributed by atoms with E-state index in [1.165, 1.54) is 18.2 Å². The molecule has 0 amide bonds. The minimum atomic E-state index is -0.700. The molecule has 0 aliphatic carbocycles. The zero-order valence-electron chi connectivity index (χ0n) is 14.5. The van der Waals surface area contributed by atoms with Gasteiger partial charge in [-0.1, -0.05) is 10.4 Å². The predicted octanol–water partition coefficient (Wildman–Crippen LogP) is 1.98. The Balaban J connectivity index is 1.64. The lowest BCUT2D eigenvalue weighted by atomic mass is 10.3. The molecule has 3 rings (SSSR count). The molecule has 0 saturated heterocycles. The highest BCUT2D eigenvalue weighted by molar-refractivity contribution is 9.10. The van der Waals surface area contributed by atoms with E-state index in [1.54, 1.807) is 17.8 Å². The Bertz CT molecular complexity index is 974. The molecule has 0 aliphatic rings. The van der Waals surface area contributed by atoms with Crippen LogP contribution < -0.4 is 10.6 Å². The first-order chi connectivity index (χ1) is 13.5. The SMILES string of the molecule is CC(O)c1cn(CCNc2nonc2C(=NO)Nc2ccc(F)c(Br)c2)nn1. The van der Waals surface area contributed by atoms with Gasteiger partial charge >= 0.3 is 0 Å². The number of nitrogens with zero attached hydrogens (tertiary/aromatic N) is 6. The monoisotopic (exact) mass is 454 g/mol. The minimum absolute atomic E-state index is 0.0422. The number of benzene rings is 1. The van der Waals surface area contributed by atoms with E-state index in [2.05, 4.69) is 52.3 Å². The van der Waals surface area contributed by atoms with Gasteiger partial charge in [-0.05, 0) is 51.4 Å². The molecule has 1 aromatic carbocycles. The Labute approximate surface area is 166 Å². The van der Waals surface area contributed by atoms with Gasteiger partial charge in [0.1, 0.15) is 11.5 Å². The van der Waals surface area contributed by atoms with Crippen molar-refractivity contribution in [3.8, 4) is 0 Å². The van der Waals surface area contributed by atoms with Crippen LogP contribution in [0.3, 0.4) is 0 Å². The van der Waals surface area contributed by atoms with Crippen LogP contribution in [-0.4, -0.2) is 48.0 Å². The van der Waals surface area contributed by atoms with E-state index in [0.717, 1.165) is 0 Å². The number of oxime groups is 1. The summed E-state index contributed by atoms with van der Waals surface area (Å²) in [5.41, 5.74) is 1.06. The highest BCUT2D eigenvalue weighted by Gasteiger charge is 2.18. The Morgan fingerprint density at radius 1 is 1.43 bits per heavy atom. The Hall–Kier alpha value is -3.06. The number of anilines is 2. The van der Waals surface area contributed by atoms with E-state index in [-0.39, 0.29) is 21.8 Å². The number of aliphatic hydroxyl groups is 1. The van der Waals surface area contributed by atoms with Gasteiger partial charge in [-0.15, -0.1) is 5.10 Å². The highest BCUT2D eigenvalue weighted by Crippen LogP contribution is 2.21. The number of hydrogen-bond donors (Lipinski definition) is 4. The molecule has 1 atom stereocenters. The van der Waals surface area contributed by atoms with E-state index in [1.807, 2.05) is 0 Å². The quantitative estimate of drug-likeness (QED) is 0.182. The van der Waals surface area contributed by atoms with Crippen LogP contribution in [0.1, 0.15) is 24.4 Å². The summed E-state index contributed by atoms with van der Waals surface area (Å²) < 4.78 is 19.9. The predicted molar refractivity (Wildman–Crippen MR) is 99.5 cm³/mol. The summed E-state index contributed by atoms with van der Waals surface area (Å²) in [6.07, 6.45) is 0.928. The molecule has 1 unspecified atom stereocenters. The second-order valence-electron chi connectivity index (χ2n) is 5.67. The topological polar surface area (TPSA) is 147 Å². The van der Waals surface area contributed by atoms with Crippen LogP contribution in [0.15, 0.2) is 38.7 Å². The summed E-state index contributed by atoms with van der Waals surface area (Å²) in [6, 6.07) is 4.20. The third-order valence-corrected chi connectivity index (χ3v) is 4.22. The van der Waals surface area contributed by atoms with Crippen molar-refractivity contribution in [2.24, 2.45) is 5.16 Å². The van der Waals surface area contributed by atoms with Gasteiger partial charge in [0, 0.05) is 12.2 Å². The van der Waals surface area contributed by atoms with E-state index in [9.17, 15) is 14.7 Å². The van der Waals surface area contributed by atoms with Gasteiger partial charge in [-0.3, -0.25) is 4.68 Å². The van der Waals surface area contributed by atoms with Crippen LogP contribution in [0, 0.1) is 5.82 Å². The summed E-state index contributed by atoms with van der Waals surface area (Å²) in [7, 11) is 0. The standard InChI is InChI=1S/C15H16BrFN8O3/c1-8(26)12-7-25(24-20-12)5-4-18-14-13(22-28-23-14)15(21-27)19-9-2-3-11(17)10(16)6-9/h2-3,6-8,26-27H,4-5H2,1H3,(H,18,23)(H,19,21). The van der Waals surface area contributed by atoms with Crippen molar-refractivity contribution in [3.05, 3.63) is 46.1 Å². The minimum Gasteiger partial charge on any atom is -0.409 e. The third-order valence-electron chi connectivity index (χ3n) is 3.61. The first kappa shape index (κ1) is 19.7. The Morgan fingerprint density at radius 3 is 2.93 bits per heavy atom. The summed E-state index contributed by atoms with van der Waals surface area (Å²) >= 11 is 3.08. The fourth-order valence-corrected chi connectivity index (χ4v) is 2.58. The largest absolute Gasteiger partial charge is 0.409 e. The summed E-state index contributed by atoms with van der Waals surface area (Å²) in [5.74, 6) is -0.234. The van der Waals surface area contributed by atoms with Gasteiger partial charge in [0.25, 0.3) is 0 Å². The van der Waals surface area contributed by atoms with E-state index in [0.29, 0.717) is 24.5 Å². The van der Waals surface area contributed by atoms with Crippen LogP contribution in [0.4, 0.5) is 15.9 Å². The summed E-state index contributed by atoms with van der Waals surface area (Å²) in [6.45, 7) is 2.41. The normalized spacial score (nSPS) is 12.8. The molecule has 148 valence electrons. The van der Waals surface area contributed by atoms with Gasteiger partial charge in [-0.25, -0.2) is 9.02 Å². The number of hydrogen-bond acceptors (Lipinski definition) is 9. The molecule has 11 nitrogen and oxygen atoms in total. The van der Waals surface area contributed by atoms with Crippen molar-refractivity contribution in [3.63, 3.8) is 0 Å². The van der Waals surface area contributed by atoms with Crippen LogP contribution >= 0.6 is 15.9 Å². The molecule has 2 aromatic heterocycles. The van der Waals surface area contributed by atoms with Crippen molar-refractivity contribution in [2.75, 3.05) is 17.2 Å². The number of amidine groups is 1. The van der Waals surface area contributed by atoms with Gasteiger partial charge in [0.15, 0.2) is 5.69 Å². The molecule has 3 aromatic rings. The maximum Gasteiger partial charge on any atom is 0.203 e. The van der Waals surface area contributed by atoms with Crippen molar-refractivity contribution < 1.29 is 19.3 Å². The highest BCUT2D eigenvalue weighted by atomic mass is 79.9. The van der Waals surface area contributed by atoms with Gasteiger partial charge in [0.2, 0.25) is 11.7 Å². The zero-order chi connectivity index (χ0) is 20.1. The van der Waals surface area contributed by atoms with Crippen LogP contribution in [-0.2, 0) is 6.54 Å². The lowest BCUT2D eigenvalue weighted by Crippen LogP contribution is -2.18. The maximum atomic E-state index is 13.4. The van der Waals surface area contributed by atoms with E-state index >= 15 is 0 Å². The molecule has 0 aliphatic heterocycles. The van der Waals surface area contributed by atoms with Gasteiger partial charge in [0.05, 0.1) is 23.3 Å². The first-order valence-electron chi connectivity index (χ1n) is 8.07. The molecule has 0 radical (unpaired) electrons. The first-order valence-corrected chi connectivity index (χ1v) is 8.86. The summed E-state index contributed by atoms with van der Waals surface area (Å²) in [4.78, 5) is 0. The number of aliphatic hydroxyl groups excluding tert-OH is 1. The third kappa shape index (κ3) is 4.61. The maximum absolute atomic E-state index is 13.4. The molecular formula is C15H16BrFN8O3. The molecular weight excluding hydrogens is 439 g/mol. The van der Waals surface area contributed by atoms with E-state index in [4.69, 9.17) is 4.63 Å². The fourth-order valence-electron chi connectivity index (χ4n) is 2.21. The van der Waals surface area contributed by atoms with Crippen molar-refractivity contribution in [1.82, 2.24) is 25.3 Å². The molecule has 28 heavy (non-hydrogen) atoms. The molecule has 0 saturated carbocycles. The van der Waals surface area contributed by atoms with Crippen molar-refractivity contribution >= 4 is 33.3 Å². The smallest absolute Gasteiger partial charge is 0.203 e. The molecule has 2 heterocycles. The number of aromatic nitrogens is 5. The molecule has 13 heteroatoms. The molecule has 4 N–H and O–H groups in total. The Morgan fingerprint density at radius 2 is 2.25 bits per heavy atom. The lowest BCUT2D eigenvalue weighted by Gasteiger charge is -2.08. The van der Waals surface area contributed by atoms with Crippen molar-refractivity contribution in [2.45, 2.75) is 19.6 Å². The van der Waals surface area contributed by atoms with Gasteiger partial charge < -0.3 is 20.9 Å².